The van der Waals surface area contributed by atoms with E-state index in [0.717, 1.165) is 12.3 Å². The lowest BCUT2D eigenvalue weighted by Crippen LogP contribution is -2.11. The van der Waals surface area contributed by atoms with Gasteiger partial charge in [-0.1, -0.05) is 6.07 Å². The first kappa shape index (κ1) is 13.0. The van der Waals surface area contributed by atoms with Gasteiger partial charge in [-0.3, -0.25) is 0 Å². The maximum absolute atomic E-state index is 5.45. The number of methoxy groups -OCH3 is 1. The van der Waals surface area contributed by atoms with Gasteiger partial charge in [0.15, 0.2) is 0 Å². The topological polar surface area (TPSA) is 21.3 Å². The van der Waals surface area contributed by atoms with Gasteiger partial charge in [-0.25, -0.2) is 0 Å². The quantitative estimate of drug-likeness (QED) is 0.874. The molecular formula is C18H21NO. The number of aryl methyl sites for hydroxylation is 3. The molecule has 0 saturated carbocycles. The zero-order chi connectivity index (χ0) is 14.1. The van der Waals surface area contributed by atoms with Gasteiger partial charge in [0.2, 0.25) is 0 Å². The van der Waals surface area contributed by atoms with Crippen molar-refractivity contribution in [1.29, 1.82) is 0 Å². The van der Waals surface area contributed by atoms with Gasteiger partial charge in [-0.2, -0.15) is 0 Å². The molecular weight excluding hydrogens is 246 g/mol. The van der Waals surface area contributed by atoms with Crippen LogP contribution < -0.4 is 10.1 Å². The Labute approximate surface area is 120 Å². The highest BCUT2D eigenvalue weighted by Gasteiger charge is 2.11. The van der Waals surface area contributed by atoms with Crippen LogP contribution in [-0.2, 0) is 6.42 Å². The summed E-state index contributed by atoms with van der Waals surface area (Å²) in [7, 11) is 1.74. The van der Waals surface area contributed by atoms with Crippen molar-refractivity contribution < 1.29 is 4.74 Å². The molecule has 0 spiro atoms. The highest BCUT2D eigenvalue weighted by molar-refractivity contribution is 5.71. The van der Waals surface area contributed by atoms with Gasteiger partial charge < -0.3 is 10.1 Å². The lowest BCUT2D eigenvalue weighted by atomic mass is 9.95. The number of ether oxygens (including phenoxy) is 1. The van der Waals surface area contributed by atoms with E-state index in [9.17, 15) is 0 Å². The average Bonchev–Trinajstić information content (AvgIpc) is 2.46. The predicted molar refractivity (Wildman–Crippen MR) is 84.7 cm³/mol. The Balaban J connectivity index is 2.05. The molecule has 0 atom stereocenters. The van der Waals surface area contributed by atoms with Crippen molar-refractivity contribution in [1.82, 2.24) is 0 Å². The van der Waals surface area contributed by atoms with Gasteiger partial charge in [0.25, 0.3) is 0 Å². The van der Waals surface area contributed by atoms with E-state index in [1.165, 1.54) is 46.3 Å². The van der Waals surface area contributed by atoms with Crippen LogP contribution in [0.4, 0.5) is 5.69 Å². The van der Waals surface area contributed by atoms with E-state index in [2.05, 4.69) is 49.5 Å². The monoisotopic (exact) mass is 267 g/mol. The second kappa shape index (κ2) is 5.20. The molecule has 0 saturated heterocycles. The van der Waals surface area contributed by atoms with Crippen LogP contribution in [0.5, 0.6) is 5.75 Å². The van der Waals surface area contributed by atoms with Crippen molar-refractivity contribution in [2.24, 2.45) is 0 Å². The third-order valence-electron chi connectivity index (χ3n) is 4.04. The summed E-state index contributed by atoms with van der Waals surface area (Å²) in [6.45, 7) is 5.30. The van der Waals surface area contributed by atoms with E-state index >= 15 is 0 Å². The van der Waals surface area contributed by atoms with Crippen LogP contribution in [-0.4, -0.2) is 13.7 Å². The molecule has 2 aromatic rings. The van der Waals surface area contributed by atoms with Crippen LogP contribution in [0.25, 0.3) is 11.1 Å². The molecule has 1 N–H and O–H groups in total. The summed E-state index contributed by atoms with van der Waals surface area (Å²) in [4.78, 5) is 0. The standard InChI is InChI=1S/C18H21NO/c1-12-9-16(10-13(2)18(12)20-3)14-6-7-17-15(11-14)5-4-8-19-17/h6-7,9-11,19H,4-5,8H2,1-3H3. The fourth-order valence-electron chi connectivity index (χ4n) is 3.09. The highest BCUT2D eigenvalue weighted by Crippen LogP contribution is 2.32. The second-order valence-corrected chi connectivity index (χ2v) is 5.55. The number of nitrogens with one attached hydrogen (secondary N) is 1. The number of benzene rings is 2. The lowest BCUT2D eigenvalue weighted by Gasteiger charge is -2.19. The summed E-state index contributed by atoms with van der Waals surface area (Å²) in [6, 6.07) is 11.2. The fraction of sp³-hybridized carbons (Fsp3) is 0.333. The summed E-state index contributed by atoms with van der Waals surface area (Å²) >= 11 is 0. The minimum Gasteiger partial charge on any atom is -0.496 e. The molecule has 0 amide bonds. The molecule has 20 heavy (non-hydrogen) atoms. The normalized spacial score (nSPS) is 13.6. The summed E-state index contributed by atoms with van der Waals surface area (Å²) < 4.78 is 5.45. The molecule has 0 bridgehead atoms. The third kappa shape index (κ3) is 2.26. The molecule has 0 aromatic heterocycles. The molecule has 2 nitrogen and oxygen atoms in total. The zero-order valence-corrected chi connectivity index (χ0v) is 12.4. The Morgan fingerprint density at radius 1 is 1.00 bits per heavy atom. The molecule has 2 aromatic carbocycles. The van der Waals surface area contributed by atoms with Gasteiger partial charge >= 0.3 is 0 Å². The highest BCUT2D eigenvalue weighted by atomic mass is 16.5. The molecule has 2 heteroatoms. The average molecular weight is 267 g/mol. The molecule has 1 heterocycles. The Morgan fingerprint density at radius 3 is 2.45 bits per heavy atom. The SMILES string of the molecule is COc1c(C)cc(-c2ccc3c(c2)CCCN3)cc1C. The van der Waals surface area contributed by atoms with Crippen molar-refractivity contribution in [3.05, 3.63) is 47.0 Å². The number of rotatable bonds is 2. The summed E-state index contributed by atoms with van der Waals surface area (Å²) in [5.41, 5.74) is 7.67. The zero-order valence-electron chi connectivity index (χ0n) is 12.4. The number of anilines is 1. The van der Waals surface area contributed by atoms with E-state index < -0.39 is 0 Å². The minimum atomic E-state index is 0.994. The molecule has 1 aliphatic heterocycles. The number of hydrogen-bond acceptors (Lipinski definition) is 2. The van der Waals surface area contributed by atoms with Crippen molar-refractivity contribution in [3.8, 4) is 16.9 Å². The van der Waals surface area contributed by atoms with E-state index in [1.54, 1.807) is 7.11 Å². The Hall–Kier alpha value is -1.96. The summed E-state index contributed by atoms with van der Waals surface area (Å²) in [5.74, 6) is 0.994. The Kier molecular flexibility index (Phi) is 3.39. The first-order valence-electron chi connectivity index (χ1n) is 7.21. The maximum atomic E-state index is 5.45. The first-order chi connectivity index (χ1) is 9.69. The van der Waals surface area contributed by atoms with Crippen molar-refractivity contribution in [3.63, 3.8) is 0 Å². The lowest BCUT2D eigenvalue weighted by molar-refractivity contribution is 0.408. The summed E-state index contributed by atoms with van der Waals surface area (Å²) in [6.07, 6.45) is 2.39. The first-order valence-corrected chi connectivity index (χ1v) is 7.21. The van der Waals surface area contributed by atoms with Crippen LogP contribution in [0.1, 0.15) is 23.1 Å². The number of fused-ring (bicyclic) bond motifs is 1. The molecule has 0 unspecified atom stereocenters. The van der Waals surface area contributed by atoms with Gasteiger partial charge in [0, 0.05) is 12.2 Å². The smallest absolute Gasteiger partial charge is 0.124 e. The van der Waals surface area contributed by atoms with E-state index in [-0.39, 0.29) is 0 Å². The summed E-state index contributed by atoms with van der Waals surface area (Å²) in [5, 5.41) is 3.46. The minimum absolute atomic E-state index is 0.994. The van der Waals surface area contributed by atoms with Gasteiger partial charge in [-0.15, -0.1) is 0 Å². The molecule has 1 aliphatic rings. The van der Waals surface area contributed by atoms with Crippen LogP contribution >= 0.6 is 0 Å². The molecule has 3 rings (SSSR count). The predicted octanol–water partition coefficient (Wildman–Crippen LogP) is 4.34. The fourth-order valence-corrected chi connectivity index (χ4v) is 3.09. The van der Waals surface area contributed by atoms with Gasteiger partial charge in [0.05, 0.1) is 7.11 Å². The van der Waals surface area contributed by atoms with Crippen LogP contribution in [0, 0.1) is 13.8 Å². The molecule has 0 radical (unpaired) electrons. The van der Waals surface area contributed by atoms with Gasteiger partial charge in [0.1, 0.15) is 5.75 Å². The third-order valence-corrected chi connectivity index (χ3v) is 4.04. The Bertz CT molecular complexity index is 623. The van der Waals surface area contributed by atoms with Crippen LogP contribution in [0.2, 0.25) is 0 Å². The van der Waals surface area contributed by atoms with Crippen molar-refractivity contribution in [2.75, 3.05) is 19.0 Å². The van der Waals surface area contributed by atoms with E-state index in [0.29, 0.717) is 0 Å². The largest absolute Gasteiger partial charge is 0.496 e. The van der Waals surface area contributed by atoms with Crippen LogP contribution in [0.3, 0.4) is 0 Å². The molecule has 0 fully saturated rings. The Morgan fingerprint density at radius 2 is 1.75 bits per heavy atom. The number of hydrogen-bond donors (Lipinski definition) is 1. The van der Waals surface area contributed by atoms with Crippen molar-refractivity contribution >= 4 is 5.69 Å². The molecule has 0 aliphatic carbocycles. The van der Waals surface area contributed by atoms with Crippen LogP contribution in [0.15, 0.2) is 30.3 Å². The van der Waals surface area contributed by atoms with E-state index in [1.807, 2.05) is 0 Å². The van der Waals surface area contributed by atoms with Gasteiger partial charge in [-0.05, 0) is 78.8 Å². The second-order valence-electron chi connectivity index (χ2n) is 5.55. The molecule has 104 valence electrons. The van der Waals surface area contributed by atoms with Crippen molar-refractivity contribution in [2.45, 2.75) is 26.7 Å². The van der Waals surface area contributed by atoms with E-state index in [4.69, 9.17) is 4.74 Å². The maximum Gasteiger partial charge on any atom is 0.124 e.